The summed E-state index contributed by atoms with van der Waals surface area (Å²) in [6, 6.07) is 6.33. The number of carboxylic acid groups (broad SMARTS) is 1. The molecule has 0 atom stereocenters. The molecule has 0 saturated carbocycles. The maximum Gasteiger partial charge on any atom is 0.337 e. The molecule has 0 radical (unpaired) electrons. The minimum atomic E-state index is -0.995. The maximum atomic E-state index is 10.3. The second kappa shape index (κ2) is 4.47. The first-order valence-corrected chi connectivity index (χ1v) is 3.07. The molecular weight excluding hydrogens is 217 g/mol. The van der Waals surface area contributed by atoms with Crippen molar-refractivity contribution in [2.24, 2.45) is 0 Å². The fourth-order valence-electron chi connectivity index (χ4n) is 0.635. The largest absolute Gasteiger partial charge is 0.478 e. The van der Waals surface area contributed by atoms with E-state index < -0.39 is 5.97 Å². The third-order valence-electron chi connectivity index (χ3n) is 1.10. The van der Waals surface area contributed by atoms with E-state index in [0.29, 0.717) is 0 Å². The van der Waals surface area contributed by atoms with Crippen LogP contribution in [0, 0.1) is 0 Å². The predicted octanol–water partition coefficient (Wildman–Crippen LogP) is 2.04. The molecule has 1 aromatic rings. The smallest absolute Gasteiger partial charge is 0.337 e. The molecule has 0 aliphatic carbocycles. The summed E-state index contributed by atoms with van der Waals surface area (Å²) in [5, 5.41) is 8.75. The zero-order valence-electron chi connectivity index (χ0n) is 5.75. The monoisotopic (exact) mass is 220 g/mol. The van der Waals surface area contributed by atoms with Crippen molar-refractivity contribution in [3.63, 3.8) is 0 Å². The predicted molar refractivity (Wildman–Crippen MR) is 38.4 cm³/mol. The Morgan fingerprint density at radius 3 is 2.27 bits per heavy atom. The molecule has 0 aliphatic rings. The average Bonchev–Trinajstić information content (AvgIpc) is 1.88. The normalized spacial score (nSPS) is 8.45. The summed E-state index contributed by atoms with van der Waals surface area (Å²) in [4.78, 5) is 10.3. The van der Waals surface area contributed by atoms with Gasteiger partial charge < -0.3 is 5.11 Å². The second-order valence-corrected chi connectivity index (χ2v) is 2.19. The van der Waals surface area contributed by atoms with Gasteiger partial charge in [-0.1, -0.05) is 23.7 Å². The molecule has 0 amide bonds. The van der Waals surface area contributed by atoms with Crippen molar-refractivity contribution in [1.82, 2.24) is 0 Å². The van der Waals surface area contributed by atoms with E-state index in [0.717, 1.165) is 0 Å². The summed E-state index contributed by atoms with van der Waals surface area (Å²) in [5.74, 6) is -0.995. The number of aromatic carboxylic acids is 1. The van der Waals surface area contributed by atoms with Gasteiger partial charge in [0.2, 0.25) is 0 Å². The maximum absolute atomic E-state index is 10.3. The van der Waals surface area contributed by atoms with E-state index in [1.807, 2.05) is 0 Å². The molecule has 1 aromatic carbocycles. The Hall–Kier alpha value is -0.397. The Kier molecular flexibility index (Phi) is 4.31. The third-order valence-corrected chi connectivity index (χ3v) is 1.43. The van der Waals surface area contributed by atoms with Crippen LogP contribution in [0.2, 0.25) is 5.02 Å². The van der Waals surface area contributed by atoms with Crippen LogP contribution >= 0.6 is 11.6 Å². The van der Waals surface area contributed by atoms with Crippen LogP contribution in [0.4, 0.5) is 0 Å². The summed E-state index contributed by atoms with van der Waals surface area (Å²) in [5.41, 5.74) is 0.143. The quantitative estimate of drug-likeness (QED) is 0.738. The van der Waals surface area contributed by atoms with Gasteiger partial charge in [0, 0.05) is 19.5 Å². The van der Waals surface area contributed by atoms with E-state index in [-0.39, 0.29) is 30.1 Å². The number of carboxylic acids is 1. The van der Waals surface area contributed by atoms with Crippen molar-refractivity contribution in [2.75, 3.05) is 0 Å². The van der Waals surface area contributed by atoms with Gasteiger partial charge in [-0.2, -0.15) is 0 Å². The van der Waals surface area contributed by atoms with Crippen molar-refractivity contribution < 1.29 is 29.4 Å². The molecule has 0 aliphatic heterocycles. The molecule has 0 unspecified atom stereocenters. The van der Waals surface area contributed by atoms with E-state index in [4.69, 9.17) is 16.7 Å². The first kappa shape index (κ1) is 10.6. The van der Waals surface area contributed by atoms with Crippen LogP contribution < -0.4 is 0 Å². The van der Waals surface area contributed by atoms with Crippen molar-refractivity contribution in [3.8, 4) is 0 Å². The molecule has 1 rings (SSSR count). The van der Waals surface area contributed by atoms with Crippen LogP contribution in [0.25, 0.3) is 0 Å². The topological polar surface area (TPSA) is 37.3 Å². The van der Waals surface area contributed by atoms with Crippen molar-refractivity contribution in [3.05, 3.63) is 34.9 Å². The Balaban J connectivity index is 0.000001000. The number of benzene rings is 1. The minimum absolute atomic E-state index is 0. The summed E-state index contributed by atoms with van der Waals surface area (Å²) in [6.45, 7) is 0. The van der Waals surface area contributed by atoms with Crippen LogP contribution in [0.5, 0.6) is 0 Å². The second-order valence-electron chi connectivity index (χ2n) is 1.78. The Morgan fingerprint density at radius 2 is 1.91 bits per heavy atom. The van der Waals surface area contributed by atoms with Crippen molar-refractivity contribution in [1.29, 1.82) is 0 Å². The van der Waals surface area contributed by atoms with Gasteiger partial charge >= 0.3 is 5.97 Å². The molecule has 2 nitrogen and oxygen atoms in total. The third kappa shape index (κ3) is 2.60. The van der Waals surface area contributed by atoms with Crippen LogP contribution in [0.3, 0.4) is 0 Å². The molecule has 0 heterocycles. The average molecular weight is 222 g/mol. The number of rotatable bonds is 1. The number of carbonyl (C=O) groups is 1. The SMILES string of the molecule is O=C(O)c1ccccc1Cl.[Zn]. The van der Waals surface area contributed by atoms with Gasteiger partial charge in [-0.05, 0) is 12.1 Å². The molecule has 11 heavy (non-hydrogen) atoms. The van der Waals surface area contributed by atoms with Crippen LogP contribution in [-0.4, -0.2) is 11.1 Å². The van der Waals surface area contributed by atoms with Crippen LogP contribution in [0.15, 0.2) is 24.3 Å². The molecule has 0 saturated heterocycles. The van der Waals surface area contributed by atoms with E-state index in [1.165, 1.54) is 6.07 Å². The van der Waals surface area contributed by atoms with E-state index in [2.05, 4.69) is 0 Å². The van der Waals surface area contributed by atoms with Crippen LogP contribution in [-0.2, 0) is 19.5 Å². The first-order valence-electron chi connectivity index (χ1n) is 2.69. The number of hydrogen-bond acceptors (Lipinski definition) is 1. The van der Waals surface area contributed by atoms with E-state index in [9.17, 15) is 4.79 Å². The summed E-state index contributed by atoms with van der Waals surface area (Å²) in [6.07, 6.45) is 0. The van der Waals surface area contributed by atoms with Crippen molar-refractivity contribution in [2.45, 2.75) is 0 Å². The minimum Gasteiger partial charge on any atom is -0.478 e. The fraction of sp³-hybridized carbons (Fsp3) is 0. The van der Waals surface area contributed by atoms with Gasteiger partial charge in [-0.15, -0.1) is 0 Å². The zero-order valence-corrected chi connectivity index (χ0v) is 9.47. The molecule has 0 spiro atoms. The Bertz CT molecular complexity index is 262. The molecule has 0 aromatic heterocycles. The molecule has 0 bridgehead atoms. The summed E-state index contributed by atoms with van der Waals surface area (Å²) < 4.78 is 0. The molecule has 0 fully saturated rings. The zero-order chi connectivity index (χ0) is 7.56. The molecule has 4 heteroatoms. The fourth-order valence-corrected chi connectivity index (χ4v) is 0.851. The van der Waals surface area contributed by atoms with Gasteiger partial charge in [0.1, 0.15) is 0 Å². The van der Waals surface area contributed by atoms with Gasteiger partial charge in [0.25, 0.3) is 0 Å². The molecule has 54 valence electrons. The van der Waals surface area contributed by atoms with E-state index >= 15 is 0 Å². The van der Waals surface area contributed by atoms with Gasteiger partial charge in [-0.3, -0.25) is 0 Å². The van der Waals surface area contributed by atoms with E-state index in [1.54, 1.807) is 18.2 Å². The van der Waals surface area contributed by atoms with Gasteiger partial charge in [0.15, 0.2) is 0 Å². The Labute approximate surface area is 81.9 Å². The van der Waals surface area contributed by atoms with Crippen molar-refractivity contribution >= 4 is 17.6 Å². The van der Waals surface area contributed by atoms with Gasteiger partial charge in [-0.25, -0.2) is 4.79 Å². The number of halogens is 1. The molecular formula is C7H5ClO2Zn. The Morgan fingerprint density at radius 1 is 1.36 bits per heavy atom. The van der Waals surface area contributed by atoms with Gasteiger partial charge in [0.05, 0.1) is 10.6 Å². The standard InChI is InChI=1S/C7H5ClO2.Zn/c8-6-4-2-1-3-5(6)7(9)10;/h1-4H,(H,9,10);. The summed E-state index contributed by atoms with van der Waals surface area (Å²) >= 11 is 5.54. The first-order chi connectivity index (χ1) is 4.72. The molecule has 1 N–H and O–H groups in total. The van der Waals surface area contributed by atoms with Crippen LogP contribution in [0.1, 0.15) is 10.4 Å². The summed E-state index contributed by atoms with van der Waals surface area (Å²) in [7, 11) is 0. The number of hydrogen-bond donors (Lipinski definition) is 1.